The van der Waals surface area contributed by atoms with Crippen LogP contribution in [0.3, 0.4) is 0 Å². The lowest BCUT2D eigenvalue weighted by Gasteiger charge is -2.11. The number of thiophene rings is 1. The van der Waals surface area contributed by atoms with E-state index < -0.39 is 11.6 Å². The van der Waals surface area contributed by atoms with E-state index in [9.17, 15) is 9.59 Å². The van der Waals surface area contributed by atoms with Crippen LogP contribution in [0.4, 0.5) is 0 Å². The number of rotatable bonds is 1. The molecule has 5 heteroatoms. The van der Waals surface area contributed by atoms with Gasteiger partial charge in [0, 0.05) is 4.88 Å². The largest absolute Gasteiger partial charge is 0.448 e. The Morgan fingerprint density at radius 2 is 2.06 bits per heavy atom. The normalized spacial score (nSPS) is 21.6. The van der Waals surface area contributed by atoms with Gasteiger partial charge in [-0.2, -0.15) is 0 Å². The fourth-order valence-corrected chi connectivity index (χ4v) is 3.04. The summed E-state index contributed by atoms with van der Waals surface area (Å²) >= 11 is 3.72. The predicted octanol–water partition coefficient (Wildman–Crippen LogP) is 2.64. The molecule has 0 aromatic carbocycles. The quantitative estimate of drug-likeness (QED) is 0.339. The highest BCUT2D eigenvalue weighted by Crippen LogP contribution is 2.29. The first-order valence-corrected chi connectivity index (χ1v) is 6.55. The summed E-state index contributed by atoms with van der Waals surface area (Å²) in [5.41, 5.74) is -0.879. The molecular weight excluding hydrogens is 339 g/mol. The Morgan fingerprint density at radius 3 is 2.50 bits per heavy atom. The molecule has 1 aromatic heterocycles. The van der Waals surface area contributed by atoms with Gasteiger partial charge in [-0.15, -0.1) is 11.3 Å². The highest BCUT2D eigenvalue weighted by atomic mass is 127. The number of cyclic esters (lactones) is 1. The van der Waals surface area contributed by atoms with E-state index in [-0.39, 0.29) is 11.4 Å². The number of hydrogen-bond donors (Lipinski definition) is 0. The minimum absolute atomic E-state index is 0.142. The van der Waals surface area contributed by atoms with Crippen LogP contribution < -0.4 is 0 Å². The minimum Gasteiger partial charge on any atom is -0.448 e. The van der Waals surface area contributed by atoms with Crippen molar-refractivity contribution in [2.45, 2.75) is 19.4 Å². The Hall–Kier alpha value is -0.690. The van der Waals surface area contributed by atoms with Crippen LogP contribution in [0.5, 0.6) is 0 Å². The van der Waals surface area contributed by atoms with Gasteiger partial charge in [-0.05, 0) is 54.6 Å². The van der Waals surface area contributed by atoms with Gasteiger partial charge in [0.2, 0.25) is 5.78 Å². The number of Topliss-reactive ketones (excluding diaryl/α,β-unsaturated/α-hetero) is 1. The van der Waals surface area contributed by atoms with Gasteiger partial charge >= 0.3 is 5.97 Å². The minimum atomic E-state index is -1.02. The smallest absolute Gasteiger partial charge is 0.342 e. The Bertz CT molecular complexity index is 499. The second-order valence-electron chi connectivity index (χ2n) is 3.93. The molecular formula is C11H9IO3S. The molecule has 0 unspecified atom stereocenters. The van der Waals surface area contributed by atoms with Crippen LogP contribution in [0.25, 0.3) is 6.08 Å². The van der Waals surface area contributed by atoms with Crippen molar-refractivity contribution in [3.05, 3.63) is 25.5 Å². The SMILES string of the molecule is CC1(C)OC(=O)C(=Cc2ccc(I)s2)C1=O. The second kappa shape index (κ2) is 3.96. The number of ketones is 1. The summed E-state index contributed by atoms with van der Waals surface area (Å²) in [5, 5.41) is 0. The van der Waals surface area contributed by atoms with E-state index >= 15 is 0 Å². The van der Waals surface area contributed by atoms with Crippen LogP contribution in [-0.4, -0.2) is 17.4 Å². The van der Waals surface area contributed by atoms with Gasteiger partial charge in [-0.1, -0.05) is 0 Å². The molecule has 1 aromatic rings. The van der Waals surface area contributed by atoms with Crippen LogP contribution in [0, 0.1) is 2.88 Å². The van der Waals surface area contributed by atoms with Crippen molar-refractivity contribution in [2.75, 3.05) is 0 Å². The zero-order valence-electron chi connectivity index (χ0n) is 8.74. The van der Waals surface area contributed by atoms with Gasteiger partial charge in [0.1, 0.15) is 5.57 Å². The summed E-state index contributed by atoms with van der Waals surface area (Å²) < 4.78 is 6.11. The molecule has 84 valence electrons. The summed E-state index contributed by atoms with van der Waals surface area (Å²) in [6.45, 7) is 3.21. The molecule has 0 radical (unpaired) electrons. The standard InChI is InChI=1S/C11H9IO3S/c1-11(2)9(13)7(10(14)15-11)5-6-3-4-8(12)16-6/h3-5H,1-2H3. The molecule has 16 heavy (non-hydrogen) atoms. The van der Waals surface area contributed by atoms with Crippen LogP contribution in [0.2, 0.25) is 0 Å². The van der Waals surface area contributed by atoms with Crippen LogP contribution in [0.15, 0.2) is 17.7 Å². The molecule has 0 aliphatic carbocycles. The van der Waals surface area contributed by atoms with Crippen molar-refractivity contribution in [1.29, 1.82) is 0 Å². The van der Waals surface area contributed by atoms with Crippen molar-refractivity contribution in [3.63, 3.8) is 0 Å². The number of ether oxygens (including phenoxy) is 1. The maximum absolute atomic E-state index is 11.8. The fraction of sp³-hybridized carbons (Fsp3) is 0.273. The molecule has 2 heterocycles. The highest BCUT2D eigenvalue weighted by Gasteiger charge is 2.44. The molecule has 1 aliphatic heterocycles. The lowest BCUT2D eigenvalue weighted by atomic mass is 10.00. The van der Waals surface area contributed by atoms with Crippen molar-refractivity contribution < 1.29 is 14.3 Å². The average Bonchev–Trinajstić information content (AvgIpc) is 2.65. The molecule has 0 N–H and O–H groups in total. The molecule has 0 spiro atoms. The van der Waals surface area contributed by atoms with Gasteiger partial charge in [0.15, 0.2) is 5.60 Å². The Balaban J connectivity index is 2.38. The first-order chi connectivity index (χ1) is 7.40. The molecule has 1 saturated heterocycles. The summed E-state index contributed by atoms with van der Waals surface area (Å²) in [5.74, 6) is -0.778. The van der Waals surface area contributed by atoms with Gasteiger partial charge in [0.05, 0.1) is 2.88 Å². The summed E-state index contributed by atoms with van der Waals surface area (Å²) in [4.78, 5) is 24.2. The second-order valence-corrected chi connectivity index (χ2v) is 6.94. The zero-order valence-corrected chi connectivity index (χ0v) is 11.7. The summed E-state index contributed by atoms with van der Waals surface area (Å²) in [6.07, 6.45) is 1.60. The van der Waals surface area contributed by atoms with E-state index in [4.69, 9.17) is 4.74 Å². The first-order valence-electron chi connectivity index (χ1n) is 4.65. The van der Waals surface area contributed by atoms with Gasteiger partial charge in [-0.3, -0.25) is 4.79 Å². The van der Waals surface area contributed by atoms with Gasteiger partial charge < -0.3 is 4.74 Å². The molecule has 0 saturated carbocycles. The Kier molecular flexibility index (Phi) is 2.91. The van der Waals surface area contributed by atoms with E-state index in [1.54, 1.807) is 19.9 Å². The van der Waals surface area contributed by atoms with Crippen LogP contribution in [-0.2, 0) is 14.3 Å². The monoisotopic (exact) mass is 348 g/mol. The number of halogens is 1. The topological polar surface area (TPSA) is 43.4 Å². The van der Waals surface area contributed by atoms with Crippen LogP contribution in [0.1, 0.15) is 18.7 Å². The maximum atomic E-state index is 11.8. The summed E-state index contributed by atoms with van der Waals surface area (Å²) in [7, 11) is 0. The van der Waals surface area contributed by atoms with E-state index in [0.717, 1.165) is 7.76 Å². The third-order valence-corrected chi connectivity index (χ3v) is 4.08. The van der Waals surface area contributed by atoms with E-state index in [1.807, 2.05) is 12.1 Å². The van der Waals surface area contributed by atoms with E-state index in [2.05, 4.69) is 22.6 Å². The first kappa shape index (κ1) is 11.8. The summed E-state index contributed by atoms with van der Waals surface area (Å²) in [6, 6.07) is 3.82. The molecule has 3 nitrogen and oxygen atoms in total. The van der Waals surface area contributed by atoms with Crippen molar-refractivity contribution in [1.82, 2.24) is 0 Å². The fourth-order valence-electron chi connectivity index (χ4n) is 1.42. The van der Waals surface area contributed by atoms with Crippen molar-refractivity contribution in [3.8, 4) is 0 Å². The lowest BCUT2D eigenvalue weighted by molar-refractivity contribution is -0.147. The third-order valence-electron chi connectivity index (χ3n) is 2.24. The van der Waals surface area contributed by atoms with Gasteiger partial charge in [-0.25, -0.2) is 4.79 Å². The molecule has 0 amide bonds. The maximum Gasteiger partial charge on any atom is 0.342 e. The van der Waals surface area contributed by atoms with E-state index in [0.29, 0.717) is 0 Å². The Morgan fingerprint density at radius 1 is 1.38 bits per heavy atom. The average molecular weight is 348 g/mol. The zero-order chi connectivity index (χ0) is 11.9. The number of carbonyl (C=O) groups is 2. The van der Waals surface area contributed by atoms with Crippen molar-refractivity contribution in [2.24, 2.45) is 0 Å². The number of carbonyl (C=O) groups excluding carboxylic acids is 2. The lowest BCUT2D eigenvalue weighted by Crippen LogP contribution is -2.27. The van der Waals surface area contributed by atoms with Crippen LogP contribution >= 0.6 is 33.9 Å². The predicted molar refractivity (Wildman–Crippen MR) is 70.2 cm³/mol. The highest BCUT2D eigenvalue weighted by molar-refractivity contribution is 14.1. The Labute approximate surface area is 111 Å². The molecule has 0 atom stereocenters. The molecule has 1 fully saturated rings. The molecule has 1 aliphatic rings. The van der Waals surface area contributed by atoms with Gasteiger partial charge in [0.25, 0.3) is 0 Å². The number of esters is 1. The third kappa shape index (κ3) is 2.06. The van der Waals surface area contributed by atoms with E-state index in [1.165, 1.54) is 11.3 Å². The number of hydrogen-bond acceptors (Lipinski definition) is 4. The van der Waals surface area contributed by atoms with Crippen molar-refractivity contribution >= 4 is 51.8 Å². The molecule has 2 rings (SSSR count). The molecule has 0 bridgehead atoms.